The molecule has 0 radical (unpaired) electrons. The van der Waals surface area contributed by atoms with Crippen molar-refractivity contribution in [3.8, 4) is 5.75 Å². The molecule has 4 amide bonds. The van der Waals surface area contributed by atoms with Gasteiger partial charge in [-0.2, -0.15) is 0 Å². The minimum absolute atomic E-state index is 0.00623. The third-order valence-corrected chi connectivity index (χ3v) is 4.75. The Bertz CT molecular complexity index is 972. The van der Waals surface area contributed by atoms with Crippen molar-refractivity contribution in [1.29, 1.82) is 0 Å². The first-order valence-electron chi connectivity index (χ1n) is 9.64. The summed E-state index contributed by atoms with van der Waals surface area (Å²) in [5, 5.41) is 4.56. The van der Waals surface area contributed by atoms with Crippen LogP contribution in [0, 0.1) is 12.8 Å². The van der Waals surface area contributed by atoms with Gasteiger partial charge in [-0.05, 0) is 43.3 Å². The molecule has 0 bridgehead atoms. The number of nitrogens with one attached hydrogen (secondary N) is 2. The van der Waals surface area contributed by atoms with E-state index in [0.717, 1.165) is 5.56 Å². The Balaban J connectivity index is 1.44. The highest BCUT2D eigenvalue weighted by Gasteiger charge is 2.36. The molecule has 162 valence electrons. The quantitative estimate of drug-likeness (QED) is 0.686. The molecule has 1 unspecified atom stereocenters. The zero-order valence-electron chi connectivity index (χ0n) is 17.2. The minimum atomic E-state index is -0.779. The highest BCUT2D eigenvalue weighted by molar-refractivity contribution is 6.02. The molecule has 2 aromatic carbocycles. The number of anilines is 2. The molecule has 1 fully saturated rings. The van der Waals surface area contributed by atoms with Crippen molar-refractivity contribution >= 4 is 35.2 Å². The number of carbonyl (C=O) groups excluding carboxylic acids is 4. The predicted molar refractivity (Wildman–Crippen MR) is 113 cm³/mol. The van der Waals surface area contributed by atoms with Crippen LogP contribution >= 0.6 is 0 Å². The molecule has 2 aromatic rings. The Morgan fingerprint density at radius 1 is 1.06 bits per heavy atom. The molecule has 3 rings (SSSR count). The lowest BCUT2D eigenvalue weighted by Gasteiger charge is -2.16. The summed E-state index contributed by atoms with van der Waals surface area (Å²) in [5.41, 5.74) is 2.23. The standard InChI is InChI=1S/C22H23N3O6/c1-14-3-7-17(8-4-14)25-12-15(11-20(25)27)21(28)31-13-19(26)24-22(29)23-16-5-9-18(30-2)10-6-16/h3-10,15H,11-13H2,1-2H3,(H2,23,24,26,29). The normalized spacial score (nSPS) is 15.4. The van der Waals surface area contributed by atoms with Crippen molar-refractivity contribution < 1.29 is 28.7 Å². The van der Waals surface area contributed by atoms with Crippen LogP contribution in [0.25, 0.3) is 0 Å². The largest absolute Gasteiger partial charge is 0.497 e. The topological polar surface area (TPSA) is 114 Å². The van der Waals surface area contributed by atoms with Crippen molar-refractivity contribution in [2.24, 2.45) is 5.92 Å². The first-order chi connectivity index (χ1) is 14.9. The van der Waals surface area contributed by atoms with Crippen molar-refractivity contribution in [2.75, 3.05) is 30.5 Å². The van der Waals surface area contributed by atoms with Gasteiger partial charge in [0, 0.05) is 24.3 Å². The van der Waals surface area contributed by atoms with Crippen LogP contribution in [-0.2, 0) is 19.1 Å². The molecule has 9 nitrogen and oxygen atoms in total. The molecule has 1 aliphatic rings. The van der Waals surface area contributed by atoms with E-state index in [0.29, 0.717) is 17.1 Å². The highest BCUT2D eigenvalue weighted by atomic mass is 16.5. The van der Waals surface area contributed by atoms with E-state index in [1.807, 2.05) is 31.2 Å². The summed E-state index contributed by atoms with van der Waals surface area (Å²) in [7, 11) is 1.52. The number of imide groups is 1. The second-order valence-corrected chi connectivity index (χ2v) is 7.08. The van der Waals surface area contributed by atoms with Gasteiger partial charge in [-0.25, -0.2) is 4.79 Å². The molecular weight excluding hydrogens is 402 g/mol. The van der Waals surface area contributed by atoms with E-state index in [-0.39, 0.29) is 18.9 Å². The zero-order valence-corrected chi connectivity index (χ0v) is 17.2. The Hall–Kier alpha value is -3.88. The second-order valence-electron chi connectivity index (χ2n) is 7.08. The molecule has 2 N–H and O–H groups in total. The number of esters is 1. The molecule has 0 aromatic heterocycles. The maximum atomic E-state index is 12.3. The first kappa shape index (κ1) is 21.8. The lowest BCUT2D eigenvalue weighted by Crippen LogP contribution is -2.37. The molecule has 1 atom stereocenters. The third kappa shape index (κ3) is 5.81. The Morgan fingerprint density at radius 3 is 2.39 bits per heavy atom. The van der Waals surface area contributed by atoms with Crippen LogP contribution in [0.15, 0.2) is 48.5 Å². The summed E-state index contributed by atoms with van der Waals surface area (Å²) in [4.78, 5) is 49.8. The second kappa shape index (κ2) is 9.75. The van der Waals surface area contributed by atoms with Gasteiger partial charge in [-0.1, -0.05) is 17.7 Å². The van der Waals surface area contributed by atoms with Gasteiger partial charge in [-0.3, -0.25) is 19.7 Å². The predicted octanol–water partition coefficient (Wildman–Crippen LogP) is 2.25. The van der Waals surface area contributed by atoms with Gasteiger partial charge < -0.3 is 19.7 Å². The van der Waals surface area contributed by atoms with E-state index >= 15 is 0 Å². The number of ether oxygens (including phenoxy) is 2. The fraction of sp³-hybridized carbons (Fsp3) is 0.273. The number of aryl methyl sites for hydroxylation is 1. The molecule has 0 aliphatic carbocycles. The van der Waals surface area contributed by atoms with Crippen molar-refractivity contribution in [2.45, 2.75) is 13.3 Å². The smallest absolute Gasteiger partial charge is 0.325 e. The summed E-state index contributed by atoms with van der Waals surface area (Å²) in [6, 6.07) is 13.2. The fourth-order valence-corrected chi connectivity index (χ4v) is 3.09. The van der Waals surface area contributed by atoms with Crippen LogP contribution in [0.3, 0.4) is 0 Å². The van der Waals surface area contributed by atoms with Crippen molar-refractivity contribution in [3.63, 3.8) is 0 Å². The molecule has 9 heteroatoms. The Morgan fingerprint density at radius 2 is 1.74 bits per heavy atom. The van der Waals surface area contributed by atoms with Gasteiger partial charge in [-0.15, -0.1) is 0 Å². The number of methoxy groups -OCH3 is 1. The fourth-order valence-electron chi connectivity index (χ4n) is 3.09. The van der Waals surface area contributed by atoms with E-state index in [9.17, 15) is 19.2 Å². The SMILES string of the molecule is COc1ccc(NC(=O)NC(=O)COC(=O)C2CC(=O)N(c3ccc(C)cc3)C2)cc1. The maximum Gasteiger partial charge on any atom is 0.325 e. The molecular formula is C22H23N3O6. The molecule has 1 aliphatic heterocycles. The van der Waals surface area contributed by atoms with Crippen LogP contribution in [0.1, 0.15) is 12.0 Å². The molecule has 1 saturated heterocycles. The number of hydrogen-bond acceptors (Lipinski definition) is 6. The number of nitrogens with zero attached hydrogens (tertiary/aromatic N) is 1. The summed E-state index contributed by atoms with van der Waals surface area (Å²) in [5.74, 6) is -1.67. The van der Waals surface area contributed by atoms with Crippen LogP contribution < -0.4 is 20.3 Å². The summed E-state index contributed by atoms with van der Waals surface area (Å²) >= 11 is 0. The van der Waals surface area contributed by atoms with E-state index in [2.05, 4.69) is 10.6 Å². The van der Waals surface area contributed by atoms with Gasteiger partial charge >= 0.3 is 12.0 Å². The van der Waals surface area contributed by atoms with Gasteiger partial charge in [0.2, 0.25) is 5.91 Å². The van der Waals surface area contributed by atoms with Crippen molar-refractivity contribution in [1.82, 2.24) is 5.32 Å². The van der Waals surface area contributed by atoms with E-state index in [4.69, 9.17) is 9.47 Å². The van der Waals surface area contributed by atoms with Gasteiger partial charge in [0.1, 0.15) is 5.75 Å². The van der Waals surface area contributed by atoms with Crippen LogP contribution in [-0.4, -0.2) is 44.1 Å². The van der Waals surface area contributed by atoms with Gasteiger partial charge in [0.05, 0.1) is 13.0 Å². The molecule has 1 heterocycles. The average Bonchev–Trinajstić information content (AvgIpc) is 3.14. The summed E-state index contributed by atoms with van der Waals surface area (Å²) in [6.45, 7) is 1.50. The average molecular weight is 425 g/mol. The number of rotatable bonds is 6. The zero-order chi connectivity index (χ0) is 22.4. The monoisotopic (exact) mass is 425 g/mol. The van der Waals surface area contributed by atoms with Crippen LogP contribution in [0.2, 0.25) is 0 Å². The first-order valence-corrected chi connectivity index (χ1v) is 9.64. The lowest BCUT2D eigenvalue weighted by atomic mass is 10.1. The van der Waals surface area contributed by atoms with Crippen molar-refractivity contribution in [3.05, 3.63) is 54.1 Å². The Kier molecular flexibility index (Phi) is 6.86. The van der Waals surface area contributed by atoms with E-state index in [1.54, 1.807) is 24.3 Å². The van der Waals surface area contributed by atoms with Crippen LogP contribution in [0.5, 0.6) is 5.75 Å². The van der Waals surface area contributed by atoms with Gasteiger partial charge in [0.15, 0.2) is 6.61 Å². The van der Waals surface area contributed by atoms with Crippen LogP contribution in [0.4, 0.5) is 16.2 Å². The third-order valence-electron chi connectivity index (χ3n) is 4.75. The Labute approximate surface area is 179 Å². The van der Waals surface area contributed by atoms with E-state index in [1.165, 1.54) is 12.0 Å². The summed E-state index contributed by atoms with van der Waals surface area (Å²) < 4.78 is 10.0. The molecule has 31 heavy (non-hydrogen) atoms. The van der Waals surface area contributed by atoms with E-state index < -0.39 is 30.4 Å². The maximum absolute atomic E-state index is 12.3. The highest BCUT2D eigenvalue weighted by Crippen LogP contribution is 2.26. The number of carbonyl (C=O) groups is 4. The molecule has 0 saturated carbocycles. The lowest BCUT2D eigenvalue weighted by molar-refractivity contribution is -0.152. The molecule has 0 spiro atoms. The number of hydrogen-bond donors (Lipinski definition) is 2. The number of amides is 4. The van der Waals surface area contributed by atoms with Gasteiger partial charge in [0.25, 0.3) is 5.91 Å². The minimum Gasteiger partial charge on any atom is -0.497 e. The summed E-state index contributed by atoms with van der Waals surface area (Å²) in [6.07, 6.45) is 0.00623. The number of benzene rings is 2. The number of urea groups is 1.